The summed E-state index contributed by atoms with van der Waals surface area (Å²) in [5.74, 6) is 0.594. The third-order valence-electron chi connectivity index (χ3n) is 6.29. The van der Waals surface area contributed by atoms with Crippen molar-refractivity contribution >= 4 is 44.2 Å². The van der Waals surface area contributed by atoms with Gasteiger partial charge in [-0.3, -0.25) is 14.2 Å². The van der Waals surface area contributed by atoms with Gasteiger partial charge in [-0.1, -0.05) is 36.0 Å². The molecule has 2 aromatic carbocycles. The molecule has 0 atom stereocenters. The molecule has 0 saturated carbocycles. The smallest absolute Gasteiger partial charge is 0.262 e. The number of aromatic nitrogens is 4. The van der Waals surface area contributed by atoms with E-state index in [0.717, 1.165) is 47.0 Å². The van der Waals surface area contributed by atoms with Gasteiger partial charge in [0.2, 0.25) is 0 Å². The van der Waals surface area contributed by atoms with Crippen molar-refractivity contribution in [3.8, 4) is 0 Å². The zero-order valence-corrected chi connectivity index (χ0v) is 20.3. The lowest BCUT2D eigenvalue weighted by Gasteiger charge is -2.13. The van der Waals surface area contributed by atoms with Gasteiger partial charge in [-0.15, -0.1) is 11.3 Å². The van der Waals surface area contributed by atoms with Crippen LogP contribution in [0.1, 0.15) is 34.7 Å². The van der Waals surface area contributed by atoms with Crippen molar-refractivity contribution < 1.29 is 4.39 Å². The Morgan fingerprint density at radius 1 is 1.03 bits per heavy atom. The maximum Gasteiger partial charge on any atom is 0.262 e. The Hall–Kier alpha value is -3.30. The van der Waals surface area contributed by atoms with Crippen LogP contribution >= 0.6 is 23.1 Å². The number of aromatic amines is 1. The molecule has 3 aromatic heterocycles. The van der Waals surface area contributed by atoms with Gasteiger partial charge in [-0.05, 0) is 61.1 Å². The number of hydrogen-bond acceptors (Lipinski definition) is 6. The second kappa shape index (κ2) is 9.05. The summed E-state index contributed by atoms with van der Waals surface area (Å²) in [6.07, 6.45) is 4.20. The molecule has 0 saturated heterocycles. The molecule has 3 heterocycles. The lowest BCUT2D eigenvalue weighted by molar-refractivity contribution is 0.622. The fourth-order valence-electron chi connectivity index (χ4n) is 4.58. The number of nitrogens with zero attached hydrogens (tertiary/aromatic N) is 3. The fourth-order valence-corrected chi connectivity index (χ4v) is 6.73. The standard InChI is InChI=1S/C26H21FN4O2S2/c27-16-11-9-15(10-12-16)13-31-25(33)17-5-1-3-7-19(17)28-26(31)34-14-21-29-23(32)22-18-6-2-4-8-20(18)35-24(22)30-21/h1,3,5,7,9-12H,2,4,6,8,13-14H2,(H,29,30,32). The number of hydrogen-bond donors (Lipinski definition) is 1. The van der Waals surface area contributed by atoms with Crippen molar-refractivity contribution in [3.63, 3.8) is 0 Å². The van der Waals surface area contributed by atoms with Crippen LogP contribution in [0, 0.1) is 5.82 Å². The summed E-state index contributed by atoms with van der Waals surface area (Å²) < 4.78 is 15.0. The zero-order valence-electron chi connectivity index (χ0n) is 18.7. The molecule has 0 bridgehead atoms. The quantitative estimate of drug-likeness (QED) is 0.268. The van der Waals surface area contributed by atoms with Crippen molar-refractivity contribution in [3.05, 3.63) is 96.9 Å². The van der Waals surface area contributed by atoms with Gasteiger partial charge < -0.3 is 4.98 Å². The van der Waals surface area contributed by atoms with E-state index >= 15 is 0 Å². The van der Waals surface area contributed by atoms with Crippen LogP contribution < -0.4 is 11.1 Å². The van der Waals surface area contributed by atoms with Gasteiger partial charge in [-0.25, -0.2) is 14.4 Å². The molecule has 9 heteroatoms. The Morgan fingerprint density at radius 3 is 2.69 bits per heavy atom. The number of thioether (sulfide) groups is 1. The average molecular weight is 505 g/mol. The van der Waals surface area contributed by atoms with Gasteiger partial charge >= 0.3 is 0 Å². The first-order valence-corrected chi connectivity index (χ1v) is 13.3. The van der Waals surface area contributed by atoms with Crippen LogP contribution in [0.2, 0.25) is 0 Å². The Bertz CT molecular complexity index is 1690. The molecule has 5 aromatic rings. The van der Waals surface area contributed by atoms with E-state index in [1.165, 1.54) is 28.8 Å². The van der Waals surface area contributed by atoms with Crippen LogP contribution in [0.5, 0.6) is 0 Å². The molecule has 6 nitrogen and oxygen atoms in total. The Balaban J connectivity index is 1.37. The maximum absolute atomic E-state index is 13.4. The summed E-state index contributed by atoms with van der Waals surface area (Å²) >= 11 is 2.97. The van der Waals surface area contributed by atoms with E-state index in [4.69, 9.17) is 9.97 Å². The number of rotatable bonds is 5. The normalized spacial score (nSPS) is 13.4. The number of H-pyrrole nitrogens is 1. The van der Waals surface area contributed by atoms with Gasteiger partial charge in [0.15, 0.2) is 5.16 Å². The van der Waals surface area contributed by atoms with Gasteiger partial charge in [0.1, 0.15) is 16.5 Å². The summed E-state index contributed by atoms with van der Waals surface area (Å²) in [5, 5.41) is 1.78. The molecule has 1 aliphatic rings. The molecular weight excluding hydrogens is 483 g/mol. The van der Waals surface area contributed by atoms with Crippen LogP contribution in [-0.2, 0) is 25.1 Å². The van der Waals surface area contributed by atoms with E-state index in [1.54, 1.807) is 34.1 Å². The molecule has 0 unspecified atom stereocenters. The molecule has 35 heavy (non-hydrogen) atoms. The third-order valence-corrected chi connectivity index (χ3v) is 8.47. The molecule has 0 aliphatic heterocycles. The predicted octanol–water partition coefficient (Wildman–Crippen LogP) is 5.05. The number of fused-ring (bicyclic) bond motifs is 4. The minimum Gasteiger partial charge on any atom is -0.309 e. The molecule has 176 valence electrons. The SMILES string of the molecule is O=c1[nH]c(CSc2nc3ccccc3c(=O)n2Cc2ccc(F)cc2)nc2sc3c(c12)CCCC3. The van der Waals surface area contributed by atoms with Crippen molar-refractivity contribution in [2.75, 3.05) is 0 Å². The minimum atomic E-state index is -0.326. The first kappa shape index (κ1) is 22.2. The van der Waals surface area contributed by atoms with Gasteiger partial charge in [-0.2, -0.15) is 0 Å². The number of halogens is 1. The highest BCUT2D eigenvalue weighted by molar-refractivity contribution is 7.98. The van der Waals surface area contributed by atoms with Gasteiger partial charge in [0, 0.05) is 4.88 Å². The molecule has 0 spiro atoms. The summed E-state index contributed by atoms with van der Waals surface area (Å²) in [6.45, 7) is 0.264. The maximum atomic E-state index is 13.4. The van der Waals surface area contributed by atoms with E-state index in [1.807, 2.05) is 18.2 Å². The number of benzene rings is 2. The Morgan fingerprint density at radius 2 is 1.83 bits per heavy atom. The molecule has 1 aliphatic carbocycles. The predicted molar refractivity (Wildman–Crippen MR) is 138 cm³/mol. The largest absolute Gasteiger partial charge is 0.309 e. The Kier molecular flexibility index (Phi) is 5.74. The molecule has 0 fully saturated rings. The van der Waals surface area contributed by atoms with E-state index in [0.29, 0.717) is 27.6 Å². The lowest BCUT2D eigenvalue weighted by Crippen LogP contribution is -2.24. The van der Waals surface area contributed by atoms with Crippen molar-refractivity contribution in [2.45, 2.75) is 43.1 Å². The van der Waals surface area contributed by atoms with E-state index < -0.39 is 0 Å². The summed E-state index contributed by atoms with van der Waals surface area (Å²) in [7, 11) is 0. The van der Waals surface area contributed by atoms with Crippen LogP contribution in [0.4, 0.5) is 4.39 Å². The van der Waals surface area contributed by atoms with Crippen molar-refractivity contribution in [1.29, 1.82) is 0 Å². The van der Waals surface area contributed by atoms with E-state index in [2.05, 4.69) is 4.98 Å². The molecule has 0 amide bonds. The fraction of sp³-hybridized carbons (Fsp3) is 0.231. The van der Waals surface area contributed by atoms with Crippen LogP contribution in [0.3, 0.4) is 0 Å². The van der Waals surface area contributed by atoms with Gasteiger partial charge in [0.05, 0.1) is 28.6 Å². The average Bonchev–Trinajstić information content (AvgIpc) is 3.25. The summed E-state index contributed by atoms with van der Waals surface area (Å²) in [5.41, 5.74) is 2.31. The monoisotopic (exact) mass is 504 g/mol. The summed E-state index contributed by atoms with van der Waals surface area (Å²) in [6, 6.07) is 13.3. The topological polar surface area (TPSA) is 80.6 Å². The zero-order chi connectivity index (χ0) is 23.9. The van der Waals surface area contributed by atoms with Crippen LogP contribution in [0.15, 0.2) is 63.3 Å². The second-order valence-electron chi connectivity index (χ2n) is 8.62. The first-order chi connectivity index (χ1) is 17.1. The number of nitrogens with one attached hydrogen (secondary N) is 1. The third kappa shape index (κ3) is 4.19. The van der Waals surface area contributed by atoms with Crippen LogP contribution in [-0.4, -0.2) is 19.5 Å². The first-order valence-electron chi connectivity index (χ1n) is 11.5. The van der Waals surface area contributed by atoms with Crippen LogP contribution in [0.25, 0.3) is 21.1 Å². The molecular formula is C26H21FN4O2S2. The summed E-state index contributed by atoms with van der Waals surface area (Å²) in [4.78, 5) is 40.7. The van der Waals surface area contributed by atoms with E-state index in [9.17, 15) is 14.0 Å². The number of thiophene rings is 1. The minimum absolute atomic E-state index is 0.0971. The van der Waals surface area contributed by atoms with Gasteiger partial charge in [0.25, 0.3) is 11.1 Å². The highest BCUT2D eigenvalue weighted by atomic mass is 32.2. The molecule has 0 radical (unpaired) electrons. The van der Waals surface area contributed by atoms with Crippen molar-refractivity contribution in [2.24, 2.45) is 0 Å². The number of aryl methyl sites for hydroxylation is 2. The lowest BCUT2D eigenvalue weighted by atomic mass is 9.97. The Labute approximate surface area is 207 Å². The molecule has 6 rings (SSSR count). The van der Waals surface area contributed by atoms with E-state index in [-0.39, 0.29) is 23.5 Å². The second-order valence-corrected chi connectivity index (χ2v) is 10.6. The number of para-hydroxylation sites is 1. The highest BCUT2D eigenvalue weighted by Gasteiger charge is 2.20. The van der Waals surface area contributed by atoms with Crippen molar-refractivity contribution in [1.82, 2.24) is 19.5 Å². The molecule has 1 N–H and O–H groups in total. The highest BCUT2D eigenvalue weighted by Crippen LogP contribution is 2.34.